The Hall–Kier alpha value is -5.18. The van der Waals surface area contributed by atoms with E-state index >= 15 is 0 Å². The lowest BCUT2D eigenvalue weighted by molar-refractivity contribution is -0.142. The second-order valence-electron chi connectivity index (χ2n) is 12.7. The summed E-state index contributed by atoms with van der Waals surface area (Å²) in [5, 5.41) is 0. The number of nitrogens with one attached hydrogen (secondary N) is 3. The van der Waals surface area contributed by atoms with E-state index in [1.165, 1.54) is 30.6 Å². The first-order valence-corrected chi connectivity index (χ1v) is 17.2. The van der Waals surface area contributed by atoms with Crippen molar-refractivity contribution in [3.05, 3.63) is 82.4 Å². The van der Waals surface area contributed by atoms with Crippen LogP contribution in [-0.4, -0.2) is 50.1 Å². The molecule has 0 spiro atoms. The summed E-state index contributed by atoms with van der Waals surface area (Å²) < 4.78 is 10.5. The Labute approximate surface area is 286 Å². The minimum absolute atomic E-state index is 0.264. The fourth-order valence-corrected chi connectivity index (χ4v) is 6.88. The highest BCUT2D eigenvalue weighted by atomic mass is 16.5. The van der Waals surface area contributed by atoms with Gasteiger partial charge in [-0.15, -0.1) is 0 Å². The van der Waals surface area contributed by atoms with Gasteiger partial charge < -0.3 is 24.4 Å². The molecule has 0 aromatic carbocycles. The van der Waals surface area contributed by atoms with Crippen molar-refractivity contribution in [3.63, 3.8) is 0 Å². The van der Waals surface area contributed by atoms with Gasteiger partial charge in [0.1, 0.15) is 0 Å². The van der Waals surface area contributed by atoms with Crippen LogP contribution in [0.4, 0.5) is 0 Å². The Bertz CT molecular complexity index is 2190. The summed E-state index contributed by atoms with van der Waals surface area (Å²) in [5.41, 5.74) is 16.7. The van der Waals surface area contributed by atoms with Crippen LogP contribution in [0.3, 0.4) is 0 Å². The largest absolute Gasteiger partial charge is 0.466 e. The van der Waals surface area contributed by atoms with Crippen molar-refractivity contribution in [2.75, 3.05) is 13.2 Å². The lowest BCUT2D eigenvalue weighted by Crippen LogP contribution is -2.01. The first kappa shape index (κ1) is 33.7. The summed E-state index contributed by atoms with van der Waals surface area (Å²) >= 11 is 0. The van der Waals surface area contributed by atoms with Gasteiger partial charge in [-0.05, 0) is 134 Å². The number of carbonyl (C=O) groups excluding carboxylic acids is 2. The monoisotopic (exact) mass is 659 g/mol. The molecule has 0 saturated heterocycles. The molecule has 9 heteroatoms. The van der Waals surface area contributed by atoms with Crippen LogP contribution in [0.15, 0.2) is 48.5 Å². The van der Waals surface area contributed by atoms with Crippen LogP contribution in [0.5, 0.6) is 0 Å². The molecule has 0 saturated carbocycles. The van der Waals surface area contributed by atoms with Crippen molar-refractivity contribution in [2.45, 2.75) is 80.1 Å². The Kier molecular flexibility index (Phi) is 9.99. The number of carbonyl (C=O) groups is 2. The number of allylic oxidation sites excluding steroid dienone is 4. The van der Waals surface area contributed by atoms with Gasteiger partial charge in [-0.1, -0.05) is 13.8 Å². The first-order valence-electron chi connectivity index (χ1n) is 17.2. The molecule has 0 atom stereocenters. The SMILES string of the molecule is CCC1=C(CC)c2cc3[nH]c(cc4ccc([nH]4)c4ccc(cc5nc(cc1n2)C(CCCOC(C)=O)=C5C)[nH]4)c(C)c3CCCOC(C)=O. The van der Waals surface area contributed by atoms with Gasteiger partial charge in [0, 0.05) is 35.9 Å². The maximum Gasteiger partial charge on any atom is 0.302 e. The number of hydrogen-bond donors (Lipinski definition) is 3. The lowest BCUT2D eigenvalue weighted by Gasteiger charge is -2.06. The van der Waals surface area contributed by atoms with Crippen molar-refractivity contribution in [1.29, 1.82) is 0 Å². The number of fused-ring (bicyclic) bond motifs is 11. The predicted octanol–water partition coefficient (Wildman–Crippen LogP) is 9.17. The molecule has 4 aromatic rings. The molecule has 0 fully saturated rings. The Morgan fingerprint density at radius 1 is 0.612 bits per heavy atom. The third-order valence-corrected chi connectivity index (χ3v) is 9.38. The van der Waals surface area contributed by atoms with E-state index in [1.807, 2.05) is 0 Å². The van der Waals surface area contributed by atoms with Crippen LogP contribution in [-0.2, 0) is 25.5 Å². The van der Waals surface area contributed by atoms with Crippen molar-refractivity contribution in [2.24, 2.45) is 0 Å². The quantitative estimate of drug-likeness (QED) is 0.115. The third-order valence-electron chi connectivity index (χ3n) is 9.38. The van der Waals surface area contributed by atoms with Gasteiger partial charge in [0.05, 0.1) is 47.0 Å². The van der Waals surface area contributed by atoms with Crippen LogP contribution >= 0.6 is 0 Å². The maximum absolute atomic E-state index is 11.4. The predicted molar refractivity (Wildman–Crippen MR) is 197 cm³/mol. The summed E-state index contributed by atoms with van der Waals surface area (Å²) in [6.07, 6.45) is 4.59. The molecule has 0 aliphatic carbocycles. The van der Waals surface area contributed by atoms with Gasteiger partial charge in [-0.3, -0.25) is 9.59 Å². The lowest BCUT2D eigenvalue weighted by atomic mass is 9.98. The number of hydrogen-bond acceptors (Lipinski definition) is 6. The van der Waals surface area contributed by atoms with Gasteiger partial charge in [-0.25, -0.2) is 9.97 Å². The topological polar surface area (TPSA) is 126 Å². The number of aryl methyl sites for hydroxylation is 2. The van der Waals surface area contributed by atoms with Gasteiger partial charge in [0.15, 0.2) is 0 Å². The number of nitrogens with zero attached hydrogens (tertiary/aromatic N) is 2. The van der Waals surface area contributed by atoms with Crippen molar-refractivity contribution in [3.8, 4) is 0 Å². The molecular formula is C40H45N5O4. The standard InChI is InChI=1S/C40H45N5O4/c1-7-29-30(8-2)38-22-40-32(12-10-18-49-26(6)47)24(4)36(44-40)20-28-14-16-34(42-28)33-15-13-27(41-33)19-35-23(3)31(11-9-17-48-25(5)46)39(43-35)21-37(29)45-38/h13-16,19-22,41-43H,7-12,17-18H2,1-6H3. The Morgan fingerprint density at radius 3 is 1.78 bits per heavy atom. The highest BCUT2D eigenvalue weighted by Gasteiger charge is 2.22. The van der Waals surface area contributed by atoms with Gasteiger partial charge >= 0.3 is 11.9 Å². The third kappa shape index (κ3) is 7.31. The molecule has 10 bridgehead atoms. The number of ether oxygens (including phenoxy) is 2. The molecule has 9 nitrogen and oxygen atoms in total. The van der Waals surface area contributed by atoms with Crippen molar-refractivity contribution >= 4 is 67.3 Å². The summed E-state index contributed by atoms with van der Waals surface area (Å²) in [6.45, 7) is 12.2. The maximum atomic E-state index is 11.4. The number of H-pyrrole nitrogens is 3. The normalized spacial score (nSPS) is 12.9. The molecule has 254 valence electrons. The highest BCUT2D eigenvalue weighted by Crippen LogP contribution is 2.38. The van der Waals surface area contributed by atoms with Crippen LogP contribution < -0.4 is 0 Å². The average Bonchev–Trinajstić information content (AvgIpc) is 3.88. The molecular weight excluding hydrogens is 614 g/mol. The van der Waals surface area contributed by atoms with Crippen molar-refractivity contribution in [1.82, 2.24) is 24.9 Å². The van der Waals surface area contributed by atoms with E-state index in [0.717, 1.165) is 105 Å². The molecule has 4 aromatic heterocycles. The first-order chi connectivity index (χ1) is 23.6. The van der Waals surface area contributed by atoms with Gasteiger partial charge in [0.25, 0.3) is 0 Å². The highest BCUT2D eigenvalue weighted by molar-refractivity contribution is 5.96. The average molecular weight is 660 g/mol. The van der Waals surface area contributed by atoms with Gasteiger partial charge in [0.2, 0.25) is 0 Å². The molecule has 0 unspecified atom stereocenters. The Balaban J connectivity index is 1.61. The van der Waals surface area contributed by atoms with Crippen LogP contribution in [0.1, 0.15) is 101 Å². The number of aromatic nitrogens is 5. The van der Waals surface area contributed by atoms with E-state index in [1.54, 1.807) is 0 Å². The van der Waals surface area contributed by atoms with Crippen LogP contribution in [0, 0.1) is 6.92 Å². The number of aromatic amines is 3. The fourth-order valence-electron chi connectivity index (χ4n) is 6.88. The van der Waals surface area contributed by atoms with E-state index in [2.05, 4.69) is 91.2 Å². The Morgan fingerprint density at radius 2 is 1.16 bits per heavy atom. The summed E-state index contributed by atoms with van der Waals surface area (Å²) in [7, 11) is 0. The molecule has 0 amide bonds. The smallest absolute Gasteiger partial charge is 0.302 e. The summed E-state index contributed by atoms with van der Waals surface area (Å²) in [5.74, 6) is -0.534. The minimum Gasteiger partial charge on any atom is -0.466 e. The molecule has 6 rings (SSSR count). The second kappa shape index (κ2) is 14.5. The number of esters is 2. The van der Waals surface area contributed by atoms with Gasteiger partial charge in [-0.2, -0.15) is 0 Å². The molecule has 0 radical (unpaired) electrons. The molecule has 2 aliphatic heterocycles. The van der Waals surface area contributed by atoms with Crippen LogP contribution in [0.2, 0.25) is 0 Å². The summed E-state index contributed by atoms with van der Waals surface area (Å²) in [6, 6.07) is 16.9. The zero-order chi connectivity index (χ0) is 34.7. The molecule has 3 N–H and O–H groups in total. The summed E-state index contributed by atoms with van der Waals surface area (Å²) in [4.78, 5) is 44.1. The molecule has 49 heavy (non-hydrogen) atoms. The van der Waals surface area contributed by atoms with E-state index < -0.39 is 0 Å². The van der Waals surface area contributed by atoms with E-state index in [-0.39, 0.29) is 11.9 Å². The zero-order valence-electron chi connectivity index (χ0n) is 29.3. The van der Waals surface area contributed by atoms with Crippen LogP contribution in [0.25, 0.3) is 55.4 Å². The second-order valence-corrected chi connectivity index (χ2v) is 12.7. The minimum atomic E-state index is -0.270. The van der Waals surface area contributed by atoms with E-state index in [0.29, 0.717) is 19.6 Å². The molecule has 2 aliphatic rings. The number of rotatable bonds is 10. The fraction of sp³-hybridized carbons (Fsp3) is 0.350. The zero-order valence-corrected chi connectivity index (χ0v) is 29.3. The van der Waals surface area contributed by atoms with E-state index in [4.69, 9.17) is 19.4 Å². The van der Waals surface area contributed by atoms with Crippen molar-refractivity contribution < 1.29 is 19.1 Å². The van der Waals surface area contributed by atoms with E-state index in [9.17, 15) is 9.59 Å². The molecule has 6 heterocycles.